The van der Waals surface area contributed by atoms with Gasteiger partial charge in [0.15, 0.2) is 6.61 Å². The van der Waals surface area contributed by atoms with Crippen molar-refractivity contribution in [2.24, 2.45) is 0 Å². The second kappa shape index (κ2) is 9.19. The quantitative estimate of drug-likeness (QED) is 0.598. The van der Waals surface area contributed by atoms with Crippen molar-refractivity contribution >= 4 is 17.5 Å². The molecule has 0 radical (unpaired) electrons. The van der Waals surface area contributed by atoms with Crippen LogP contribution in [0.3, 0.4) is 0 Å². The average molecular weight is 388 g/mol. The maximum absolute atomic E-state index is 12.8. The first-order chi connectivity index (χ1) is 13.1. The molecule has 3 aromatic rings. The van der Waals surface area contributed by atoms with Gasteiger partial charge in [0.1, 0.15) is 10.8 Å². The molecule has 0 spiro atoms. The summed E-state index contributed by atoms with van der Waals surface area (Å²) >= 11 is 6.12. The van der Waals surface area contributed by atoms with Gasteiger partial charge in [-0.05, 0) is 42.7 Å². The predicted molar refractivity (Wildman–Crippen MR) is 102 cm³/mol. The molecule has 2 aromatic carbocycles. The molecule has 1 amide bonds. The van der Waals surface area contributed by atoms with Gasteiger partial charge < -0.3 is 10.1 Å². The summed E-state index contributed by atoms with van der Waals surface area (Å²) in [5.74, 6) is -0.293. The molecular weight excluding hydrogens is 369 g/mol. The van der Waals surface area contributed by atoms with E-state index in [9.17, 15) is 9.18 Å². The third kappa shape index (κ3) is 5.56. The maximum Gasteiger partial charge on any atom is 0.258 e. The number of nitrogens with zero attached hydrogens (tertiary/aromatic N) is 2. The SMILES string of the molecule is O=C(COc1nn(-c2ccccc2)cc1Cl)NCCCc1ccc(F)cc1. The van der Waals surface area contributed by atoms with E-state index in [1.165, 1.54) is 12.1 Å². The van der Waals surface area contributed by atoms with Gasteiger partial charge in [0, 0.05) is 6.54 Å². The number of carbonyl (C=O) groups excluding carboxylic acids is 1. The highest BCUT2D eigenvalue weighted by molar-refractivity contribution is 6.31. The zero-order chi connectivity index (χ0) is 19.1. The second-order valence-corrected chi connectivity index (χ2v) is 6.34. The molecule has 0 atom stereocenters. The van der Waals surface area contributed by atoms with Crippen molar-refractivity contribution < 1.29 is 13.9 Å². The van der Waals surface area contributed by atoms with Gasteiger partial charge in [-0.1, -0.05) is 41.9 Å². The summed E-state index contributed by atoms with van der Waals surface area (Å²) in [6, 6.07) is 15.8. The van der Waals surface area contributed by atoms with Crippen LogP contribution in [0, 0.1) is 5.82 Å². The molecular formula is C20H19ClFN3O2. The molecule has 1 aromatic heterocycles. The molecule has 0 unspecified atom stereocenters. The lowest BCUT2D eigenvalue weighted by Gasteiger charge is -2.06. The van der Waals surface area contributed by atoms with E-state index in [0.717, 1.165) is 24.1 Å². The Kier molecular flexibility index (Phi) is 6.44. The Balaban J connectivity index is 1.41. The van der Waals surface area contributed by atoms with Gasteiger partial charge in [-0.15, -0.1) is 5.10 Å². The third-order valence-electron chi connectivity index (χ3n) is 3.88. The van der Waals surface area contributed by atoms with E-state index in [1.807, 2.05) is 30.3 Å². The van der Waals surface area contributed by atoms with E-state index in [0.29, 0.717) is 11.6 Å². The number of hydrogen-bond acceptors (Lipinski definition) is 3. The molecule has 140 valence electrons. The first-order valence-electron chi connectivity index (χ1n) is 8.56. The summed E-state index contributed by atoms with van der Waals surface area (Å²) < 4.78 is 19.9. The zero-order valence-electron chi connectivity index (χ0n) is 14.6. The lowest BCUT2D eigenvalue weighted by molar-refractivity contribution is -0.123. The third-order valence-corrected chi connectivity index (χ3v) is 4.14. The van der Waals surface area contributed by atoms with Gasteiger partial charge in [0.25, 0.3) is 11.8 Å². The number of halogens is 2. The van der Waals surface area contributed by atoms with Gasteiger partial charge >= 0.3 is 0 Å². The van der Waals surface area contributed by atoms with E-state index in [1.54, 1.807) is 23.0 Å². The van der Waals surface area contributed by atoms with Crippen molar-refractivity contribution in [1.29, 1.82) is 0 Å². The molecule has 0 bridgehead atoms. The Morgan fingerprint density at radius 2 is 1.89 bits per heavy atom. The van der Waals surface area contributed by atoms with Gasteiger partial charge in [0.2, 0.25) is 0 Å². The van der Waals surface area contributed by atoms with E-state index in [4.69, 9.17) is 16.3 Å². The van der Waals surface area contributed by atoms with E-state index < -0.39 is 0 Å². The fourth-order valence-electron chi connectivity index (χ4n) is 2.50. The summed E-state index contributed by atoms with van der Waals surface area (Å²) in [6.07, 6.45) is 3.14. The van der Waals surface area contributed by atoms with Crippen LogP contribution in [0.4, 0.5) is 4.39 Å². The number of ether oxygens (including phenoxy) is 1. The number of nitrogens with one attached hydrogen (secondary N) is 1. The monoisotopic (exact) mass is 387 g/mol. The number of para-hydroxylation sites is 1. The molecule has 5 nitrogen and oxygen atoms in total. The van der Waals surface area contributed by atoms with Crippen molar-refractivity contribution in [2.75, 3.05) is 13.2 Å². The lowest BCUT2D eigenvalue weighted by Crippen LogP contribution is -2.30. The Morgan fingerprint density at radius 1 is 1.15 bits per heavy atom. The van der Waals surface area contributed by atoms with Crippen molar-refractivity contribution in [3.63, 3.8) is 0 Å². The van der Waals surface area contributed by atoms with Crippen molar-refractivity contribution in [3.05, 3.63) is 77.2 Å². The van der Waals surface area contributed by atoms with E-state index in [2.05, 4.69) is 10.4 Å². The molecule has 0 saturated heterocycles. The summed E-state index contributed by atoms with van der Waals surface area (Å²) in [6.45, 7) is 0.341. The molecule has 0 aliphatic rings. The van der Waals surface area contributed by atoms with E-state index >= 15 is 0 Å². The van der Waals surface area contributed by atoms with Crippen LogP contribution in [0.15, 0.2) is 60.8 Å². The number of aryl methyl sites for hydroxylation is 1. The Bertz CT molecular complexity index is 882. The topological polar surface area (TPSA) is 56.1 Å². The number of carbonyl (C=O) groups is 1. The number of rotatable bonds is 8. The second-order valence-electron chi connectivity index (χ2n) is 5.93. The maximum atomic E-state index is 12.8. The molecule has 27 heavy (non-hydrogen) atoms. The standard InChI is InChI=1S/C20H19ClFN3O2/c21-18-13-25(17-6-2-1-3-7-17)24-20(18)27-14-19(26)23-12-4-5-15-8-10-16(22)11-9-15/h1-3,6-11,13H,4-5,12,14H2,(H,23,26). The van der Waals surface area contributed by atoms with Crippen LogP contribution in [0.5, 0.6) is 5.88 Å². The molecule has 0 saturated carbocycles. The Hall–Kier alpha value is -2.86. The van der Waals surface area contributed by atoms with Crippen LogP contribution in [0.25, 0.3) is 5.69 Å². The average Bonchev–Trinajstić information content (AvgIpc) is 3.06. The van der Waals surface area contributed by atoms with Crippen molar-refractivity contribution in [2.45, 2.75) is 12.8 Å². The fourth-order valence-corrected chi connectivity index (χ4v) is 2.69. The fraction of sp³-hybridized carbons (Fsp3) is 0.200. The molecule has 0 aliphatic heterocycles. The van der Waals surface area contributed by atoms with Crippen molar-refractivity contribution in [1.82, 2.24) is 15.1 Å². The summed E-state index contributed by atoms with van der Waals surface area (Å²) in [4.78, 5) is 11.9. The summed E-state index contributed by atoms with van der Waals surface area (Å²) in [7, 11) is 0. The van der Waals surface area contributed by atoms with E-state index in [-0.39, 0.29) is 24.2 Å². The van der Waals surface area contributed by atoms with Crippen LogP contribution in [-0.4, -0.2) is 28.8 Å². The lowest BCUT2D eigenvalue weighted by atomic mass is 10.1. The van der Waals surface area contributed by atoms with Crippen molar-refractivity contribution in [3.8, 4) is 11.6 Å². The summed E-state index contributed by atoms with van der Waals surface area (Å²) in [5, 5.41) is 7.36. The minimum Gasteiger partial charge on any atom is -0.465 e. The predicted octanol–water partition coefficient (Wildman–Crippen LogP) is 3.79. The number of amides is 1. The number of aromatic nitrogens is 2. The zero-order valence-corrected chi connectivity index (χ0v) is 15.3. The van der Waals surface area contributed by atoms with Crippen LogP contribution < -0.4 is 10.1 Å². The van der Waals surface area contributed by atoms with Gasteiger partial charge in [-0.2, -0.15) is 0 Å². The largest absolute Gasteiger partial charge is 0.465 e. The minimum atomic E-state index is -0.252. The molecule has 7 heteroatoms. The minimum absolute atomic E-state index is 0.165. The molecule has 1 heterocycles. The van der Waals surface area contributed by atoms with Gasteiger partial charge in [-0.3, -0.25) is 4.79 Å². The number of hydrogen-bond donors (Lipinski definition) is 1. The highest BCUT2D eigenvalue weighted by atomic mass is 35.5. The molecule has 1 N–H and O–H groups in total. The Labute approximate surface area is 161 Å². The van der Waals surface area contributed by atoms with Crippen LogP contribution in [-0.2, 0) is 11.2 Å². The molecule has 3 rings (SSSR count). The van der Waals surface area contributed by atoms with Crippen LogP contribution >= 0.6 is 11.6 Å². The first-order valence-corrected chi connectivity index (χ1v) is 8.94. The van der Waals surface area contributed by atoms with Gasteiger partial charge in [-0.25, -0.2) is 9.07 Å². The van der Waals surface area contributed by atoms with Gasteiger partial charge in [0.05, 0.1) is 11.9 Å². The first kappa shape index (κ1) is 18.9. The highest BCUT2D eigenvalue weighted by Gasteiger charge is 2.11. The normalized spacial score (nSPS) is 10.6. The summed E-state index contributed by atoms with van der Waals surface area (Å²) in [5.41, 5.74) is 1.87. The molecule has 0 fully saturated rings. The van der Waals surface area contributed by atoms with Crippen LogP contribution in [0.2, 0.25) is 5.02 Å². The van der Waals surface area contributed by atoms with Crippen LogP contribution in [0.1, 0.15) is 12.0 Å². The highest BCUT2D eigenvalue weighted by Crippen LogP contribution is 2.23. The molecule has 0 aliphatic carbocycles. The smallest absolute Gasteiger partial charge is 0.258 e. The number of benzene rings is 2. The Morgan fingerprint density at radius 3 is 2.63 bits per heavy atom.